The molecule has 0 saturated carbocycles. The fourth-order valence-electron chi connectivity index (χ4n) is 2.88. The first-order chi connectivity index (χ1) is 12.6. The summed E-state index contributed by atoms with van der Waals surface area (Å²) < 4.78 is 1.37. The summed E-state index contributed by atoms with van der Waals surface area (Å²) in [6.07, 6.45) is 8.10. The molecule has 3 N–H and O–H groups in total. The fourth-order valence-corrected chi connectivity index (χ4v) is 3.78. The number of nitrogens with one attached hydrogen (secondary N) is 1. The second-order valence-electron chi connectivity index (χ2n) is 6.15. The molecular weight excluding hydrogens is 370 g/mol. The molecular formula is C18H22ClN5OS. The Balaban J connectivity index is 1.49. The molecule has 138 valence electrons. The second-order valence-corrected chi connectivity index (χ2v) is 7.50. The van der Waals surface area contributed by atoms with Gasteiger partial charge in [0.1, 0.15) is 0 Å². The number of benzene rings is 1. The zero-order chi connectivity index (χ0) is 18.4. The molecule has 0 saturated heterocycles. The van der Waals surface area contributed by atoms with E-state index in [0.717, 1.165) is 12.8 Å². The first-order valence-electron chi connectivity index (χ1n) is 8.68. The molecule has 3 rings (SSSR count). The van der Waals surface area contributed by atoms with E-state index in [1.165, 1.54) is 41.3 Å². The Morgan fingerprint density at radius 2 is 2.15 bits per heavy atom. The van der Waals surface area contributed by atoms with Crippen molar-refractivity contribution in [3.8, 4) is 11.4 Å². The minimum absolute atomic E-state index is 0.0336. The van der Waals surface area contributed by atoms with Gasteiger partial charge in [0.05, 0.1) is 10.8 Å². The number of nitrogens with zero attached hydrogens (tertiary/aromatic N) is 3. The molecule has 1 aliphatic rings. The fraction of sp³-hybridized carbons (Fsp3) is 0.389. The molecule has 1 amide bonds. The molecule has 0 bridgehead atoms. The van der Waals surface area contributed by atoms with Gasteiger partial charge in [-0.1, -0.05) is 47.1 Å². The summed E-state index contributed by atoms with van der Waals surface area (Å²) in [4.78, 5) is 12.0. The van der Waals surface area contributed by atoms with Gasteiger partial charge in [-0.05, 0) is 44.2 Å². The predicted octanol–water partition coefficient (Wildman–Crippen LogP) is 3.41. The molecule has 0 aliphatic heterocycles. The number of carbonyl (C=O) groups excluding carboxylic acids is 1. The Morgan fingerprint density at radius 1 is 1.31 bits per heavy atom. The van der Waals surface area contributed by atoms with E-state index in [2.05, 4.69) is 21.6 Å². The van der Waals surface area contributed by atoms with E-state index in [9.17, 15) is 4.79 Å². The molecule has 0 spiro atoms. The van der Waals surface area contributed by atoms with Crippen LogP contribution in [0.2, 0.25) is 5.02 Å². The van der Waals surface area contributed by atoms with E-state index in [1.54, 1.807) is 6.07 Å². The number of amides is 1. The number of carbonyl (C=O) groups is 1. The van der Waals surface area contributed by atoms with Crippen LogP contribution in [0.5, 0.6) is 0 Å². The van der Waals surface area contributed by atoms with E-state index in [0.29, 0.717) is 28.1 Å². The highest BCUT2D eigenvalue weighted by atomic mass is 35.5. The second kappa shape index (κ2) is 9.09. The van der Waals surface area contributed by atoms with Crippen LogP contribution in [0.3, 0.4) is 0 Å². The van der Waals surface area contributed by atoms with E-state index >= 15 is 0 Å². The minimum Gasteiger partial charge on any atom is -0.355 e. The van der Waals surface area contributed by atoms with Crippen molar-refractivity contribution in [3.63, 3.8) is 0 Å². The SMILES string of the molecule is Nn1c(SCC(=O)NCCC2=CCCCC2)nnc1-c1ccccc1Cl. The summed E-state index contributed by atoms with van der Waals surface area (Å²) in [5.41, 5.74) is 2.16. The van der Waals surface area contributed by atoms with Gasteiger partial charge >= 0.3 is 0 Å². The van der Waals surface area contributed by atoms with E-state index in [-0.39, 0.29) is 11.7 Å². The average molecular weight is 392 g/mol. The molecule has 1 aromatic carbocycles. The monoisotopic (exact) mass is 391 g/mol. The lowest BCUT2D eigenvalue weighted by Crippen LogP contribution is -2.27. The number of hydrogen-bond donors (Lipinski definition) is 2. The van der Waals surface area contributed by atoms with Gasteiger partial charge in [0.25, 0.3) is 0 Å². The number of nitrogens with two attached hydrogens (primary N) is 1. The number of rotatable bonds is 7. The Kier molecular flexibility index (Phi) is 6.57. The van der Waals surface area contributed by atoms with Crippen molar-refractivity contribution in [3.05, 3.63) is 40.9 Å². The van der Waals surface area contributed by atoms with Gasteiger partial charge in [0.15, 0.2) is 5.82 Å². The molecule has 1 aliphatic carbocycles. The van der Waals surface area contributed by atoms with Crippen molar-refractivity contribution in [2.75, 3.05) is 18.1 Å². The number of thioether (sulfide) groups is 1. The van der Waals surface area contributed by atoms with Crippen LogP contribution in [0.1, 0.15) is 32.1 Å². The third kappa shape index (κ3) is 4.80. The topological polar surface area (TPSA) is 85.8 Å². The summed E-state index contributed by atoms with van der Waals surface area (Å²) in [7, 11) is 0. The molecule has 1 heterocycles. The predicted molar refractivity (Wildman–Crippen MR) is 106 cm³/mol. The highest BCUT2D eigenvalue weighted by Crippen LogP contribution is 2.27. The molecule has 0 atom stereocenters. The molecule has 8 heteroatoms. The maximum Gasteiger partial charge on any atom is 0.230 e. The smallest absolute Gasteiger partial charge is 0.230 e. The standard InChI is InChI=1S/C18H22ClN5OS/c19-15-9-5-4-8-14(15)17-22-23-18(24(17)20)26-12-16(25)21-11-10-13-6-2-1-3-7-13/h4-6,8-9H,1-3,7,10-12,20H2,(H,21,25). The number of nitrogen functional groups attached to an aromatic ring is 1. The largest absolute Gasteiger partial charge is 0.355 e. The first kappa shape index (κ1) is 18.8. The van der Waals surface area contributed by atoms with Gasteiger partial charge in [-0.25, -0.2) is 4.68 Å². The number of aromatic nitrogens is 3. The minimum atomic E-state index is -0.0336. The van der Waals surface area contributed by atoms with E-state index < -0.39 is 0 Å². The maximum atomic E-state index is 12.0. The summed E-state index contributed by atoms with van der Waals surface area (Å²) in [5, 5.41) is 12.1. The first-order valence-corrected chi connectivity index (χ1v) is 10.0. The highest BCUT2D eigenvalue weighted by molar-refractivity contribution is 7.99. The van der Waals surface area contributed by atoms with Crippen LogP contribution < -0.4 is 11.2 Å². The van der Waals surface area contributed by atoms with Gasteiger partial charge in [-0.3, -0.25) is 4.79 Å². The van der Waals surface area contributed by atoms with Crippen LogP contribution >= 0.6 is 23.4 Å². The molecule has 0 fully saturated rings. The van der Waals surface area contributed by atoms with Gasteiger partial charge in [0, 0.05) is 12.1 Å². The average Bonchev–Trinajstić information content (AvgIpc) is 3.02. The lowest BCUT2D eigenvalue weighted by atomic mass is 9.97. The van der Waals surface area contributed by atoms with E-state index in [4.69, 9.17) is 17.4 Å². The Labute approximate surface area is 162 Å². The number of halogens is 1. The molecule has 1 aromatic heterocycles. The summed E-state index contributed by atoms with van der Waals surface area (Å²) in [6, 6.07) is 7.30. The van der Waals surface area contributed by atoms with Crippen molar-refractivity contribution in [2.45, 2.75) is 37.3 Å². The third-order valence-corrected chi connectivity index (χ3v) is 5.54. The zero-order valence-corrected chi connectivity index (χ0v) is 16.0. The molecule has 6 nitrogen and oxygen atoms in total. The number of allylic oxidation sites excluding steroid dienone is 1. The normalized spacial score (nSPS) is 14.1. The van der Waals surface area contributed by atoms with Gasteiger partial charge < -0.3 is 11.2 Å². The molecule has 0 radical (unpaired) electrons. The van der Waals surface area contributed by atoms with Gasteiger partial charge in [0.2, 0.25) is 11.1 Å². The van der Waals surface area contributed by atoms with Crippen molar-refractivity contribution < 1.29 is 4.79 Å². The van der Waals surface area contributed by atoms with Gasteiger partial charge in [-0.2, -0.15) is 0 Å². The van der Waals surface area contributed by atoms with Crippen LogP contribution in [0.25, 0.3) is 11.4 Å². The number of hydrogen-bond acceptors (Lipinski definition) is 5. The molecule has 26 heavy (non-hydrogen) atoms. The van der Waals surface area contributed by atoms with Crippen molar-refractivity contribution >= 4 is 29.3 Å². The summed E-state index contributed by atoms with van der Waals surface area (Å²) in [5.74, 6) is 6.75. The third-order valence-electron chi connectivity index (χ3n) is 4.26. The Morgan fingerprint density at radius 3 is 2.92 bits per heavy atom. The highest BCUT2D eigenvalue weighted by Gasteiger charge is 2.15. The molecule has 2 aromatic rings. The van der Waals surface area contributed by atoms with Crippen molar-refractivity contribution in [1.29, 1.82) is 0 Å². The van der Waals surface area contributed by atoms with Crippen molar-refractivity contribution in [2.24, 2.45) is 0 Å². The van der Waals surface area contributed by atoms with Crippen LogP contribution in [-0.4, -0.2) is 33.1 Å². The summed E-state index contributed by atoms with van der Waals surface area (Å²) >= 11 is 7.43. The lowest BCUT2D eigenvalue weighted by molar-refractivity contribution is -0.118. The lowest BCUT2D eigenvalue weighted by Gasteiger charge is -2.12. The Bertz CT molecular complexity index is 805. The Hall–Kier alpha value is -1.99. The zero-order valence-electron chi connectivity index (χ0n) is 14.4. The van der Waals surface area contributed by atoms with Crippen molar-refractivity contribution in [1.82, 2.24) is 20.2 Å². The maximum absolute atomic E-state index is 12.0. The van der Waals surface area contributed by atoms with Crippen LogP contribution in [-0.2, 0) is 4.79 Å². The van der Waals surface area contributed by atoms with E-state index in [1.807, 2.05) is 18.2 Å². The summed E-state index contributed by atoms with van der Waals surface area (Å²) in [6.45, 7) is 0.672. The quantitative estimate of drug-likeness (QED) is 0.429. The van der Waals surface area contributed by atoms with Crippen LogP contribution in [0.4, 0.5) is 0 Å². The molecule has 0 unspecified atom stereocenters. The van der Waals surface area contributed by atoms with Crippen LogP contribution in [0.15, 0.2) is 41.1 Å². The van der Waals surface area contributed by atoms with Crippen LogP contribution in [0, 0.1) is 0 Å². The van der Waals surface area contributed by atoms with Gasteiger partial charge in [-0.15, -0.1) is 10.2 Å².